The average molecular weight is 639 g/mol. The van der Waals surface area contributed by atoms with Crippen LogP contribution >= 0.6 is 28.5 Å². The highest BCUT2D eigenvalue weighted by Crippen LogP contribution is 2.37. The molecule has 0 radical (unpaired) electrons. The first-order valence-corrected chi connectivity index (χ1v) is 17.4. The number of rotatable bonds is 8. The summed E-state index contributed by atoms with van der Waals surface area (Å²) in [6.45, 7) is 2.96. The van der Waals surface area contributed by atoms with Crippen LogP contribution in [-0.2, 0) is 21.1 Å². The monoisotopic (exact) mass is 639 g/mol. The molecule has 0 spiro atoms. The summed E-state index contributed by atoms with van der Waals surface area (Å²) in [5.41, 5.74) is 4.53. The van der Waals surface area contributed by atoms with E-state index in [1.165, 1.54) is 11.8 Å². The fourth-order valence-electron chi connectivity index (χ4n) is 4.14. The SMILES string of the molecule is CC(OPI)c1nccn1CC#Cc1ccc(-c2ccc(C3CC(NS(C)(=O)=O)C3)cc2)cc1.CO. The summed E-state index contributed by atoms with van der Waals surface area (Å²) in [5, 5.41) is 7.00. The Labute approximate surface area is 228 Å². The molecule has 0 bridgehead atoms. The molecule has 4 rings (SSSR count). The van der Waals surface area contributed by atoms with E-state index in [9.17, 15) is 8.42 Å². The minimum atomic E-state index is -3.13. The second kappa shape index (κ2) is 13.7. The summed E-state index contributed by atoms with van der Waals surface area (Å²) in [5.74, 6) is 7.76. The number of imidazole rings is 1. The van der Waals surface area contributed by atoms with Crippen LogP contribution in [0.1, 0.15) is 48.7 Å². The van der Waals surface area contributed by atoms with E-state index in [2.05, 4.69) is 80.0 Å². The Hall–Kier alpha value is -1.80. The van der Waals surface area contributed by atoms with Crippen molar-refractivity contribution in [2.24, 2.45) is 0 Å². The predicted molar refractivity (Wildman–Crippen MR) is 155 cm³/mol. The summed E-state index contributed by atoms with van der Waals surface area (Å²) in [6, 6.07) is 16.9. The molecule has 36 heavy (non-hydrogen) atoms. The highest BCUT2D eigenvalue weighted by Gasteiger charge is 2.31. The molecule has 0 amide bonds. The molecule has 2 atom stereocenters. The quantitative estimate of drug-likeness (QED) is 0.205. The molecule has 192 valence electrons. The van der Waals surface area contributed by atoms with E-state index in [0.717, 1.165) is 42.5 Å². The zero-order valence-corrected chi connectivity index (χ0v) is 24.5. The van der Waals surface area contributed by atoms with Gasteiger partial charge in [0.1, 0.15) is 11.9 Å². The maximum Gasteiger partial charge on any atom is 0.208 e. The summed E-state index contributed by atoms with van der Waals surface area (Å²) in [6.07, 6.45) is 6.58. The smallest absolute Gasteiger partial charge is 0.208 e. The minimum Gasteiger partial charge on any atom is -0.400 e. The number of benzene rings is 2. The van der Waals surface area contributed by atoms with Crippen LogP contribution < -0.4 is 4.72 Å². The Kier molecular flexibility index (Phi) is 10.9. The summed E-state index contributed by atoms with van der Waals surface area (Å²) in [4.78, 5) is 4.39. The lowest BCUT2D eigenvalue weighted by Gasteiger charge is -2.35. The Bertz CT molecular complexity index is 1280. The molecule has 2 unspecified atom stereocenters. The number of aromatic nitrogens is 2. The third-order valence-corrected chi connectivity index (χ3v) is 7.90. The number of sulfonamides is 1. The van der Waals surface area contributed by atoms with Gasteiger partial charge in [-0.3, -0.25) is 0 Å². The molecule has 3 aromatic rings. The van der Waals surface area contributed by atoms with Crippen LogP contribution in [0, 0.1) is 11.8 Å². The van der Waals surface area contributed by atoms with E-state index >= 15 is 0 Å². The van der Waals surface area contributed by atoms with Crippen molar-refractivity contribution in [1.29, 1.82) is 0 Å². The van der Waals surface area contributed by atoms with Crippen molar-refractivity contribution in [2.45, 2.75) is 44.4 Å². The molecule has 1 heterocycles. The van der Waals surface area contributed by atoms with Crippen LogP contribution in [0.4, 0.5) is 0 Å². The number of hydrogen-bond acceptors (Lipinski definition) is 5. The molecule has 2 N–H and O–H groups in total. The highest BCUT2D eigenvalue weighted by molar-refractivity contribution is 14.2. The summed E-state index contributed by atoms with van der Waals surface area (Å²) in [7, 11) is -2.13. The third kappa shape index (κ3) is 8.10. The van der Waals surface area contributed by atoms with E-state index in [1.807, 2.05) is 29.8 Å². The number of hydrogen-bond donors (Lipinski definition) is 2. The predicted octanol–water partition coefficient (Wildman–Crippen LogP) is 5.03. The van der Waals surface area contributed by atoms with Gasteiger partial charge in [-0.05, 0) is 76.5 Å². The van der Waals surface area contributed by atoms with Crippen molar-refractivity contribution in [1.82, 2.24) is 14.3 Å². The standard InChI is InChI=1S/C25H27IN3O3PS.CH4O/c1-18(32-33-26)25-27-13-15-29(25)14-3-4-19-5-7-20(8-6-19)21-9-11-22(12-10-21)23-16-24(17-23)28-34(2,30)31;1-2/h5-13,15,18,23-24,28,33H,14,16-17H2,1-2H3;2H,1H3. The van der Waals surface area contributed by atoms with Crippen molar-refractivity contribution >= 4 is 38.5 Å². The van der Waals surface area contributed by atoms with Crippen LogP contribution in [0.15, 0.2) is 60.9 Å². The largest absolute Gasteiger partial charge is 0.400 e. The molecule has 0 saturated heterocycles. The topological polar surface area (TPSA) is 93.5 Å². The Morgan fingerprint density at radius 2 is 1.78 bits per heavy atom. The van der Waals surface area contributed by atoms with E-state index in [1.54, 1.807) is 6.20 Å². The lowest BCUT2D eigenvalue weighted by molar-refractivity contribution is 0.251. The Balaban J connectivity index is 0.00000176. The Morgan fingerprint density at radius 1 is 1.17 bits per heavy atom. The first-order chi connectivity index (χ1) is 17.3. The minimum absolute atomic E-state index is 0.0485. The molecule has 1 aromatic heterocycles. The lowest BCUT2D eigenvalue weighted by atomic mass is 9.76. The normalized spacial score (nSPS) is 18.0. The molecule has 10 heteroatoms. The fourth-order valence-corrected chi connectivity index (χ4v) is 6.32. The molecule has 0 aliphatic heterocycles. The molecular formula is C26H31IN3O4PS. The van der Waals surface area contributed by atoms with E-state index in [-0.39, 0.29) is 12.1 Å². The number of aliphatic hydroxyl groups excluding tert-OH is 1. The molecule has 1 saturated carbocycles. The van der Waals surface area contributed by atoms with Crippen molar-refractivity contribution < 1.29 is 18.0 Å². The van der Waals surface area contributed by atoms with Gasteiger partial charge in [0.05, 0.1) is 19.3 Å². The van der Waals surface area contributed by atoms with Gasteiger partial charge in [-0.25, -0.2) is 18.1 Å². The number of halogens is 1. The fraction of sp³-hybridized carbons (Fsp3) is 0.346. The first kappa shape index (κ1) is 28.8. The maximum atomic E-state index is 11.3. The summed E-state index contributed by atoms with van der Waals surface area (Å²) >= 11 is 2.22. The van der Waals surface area contributed by atoms with Gasteiger partial charge in [0, 0.05) is 31.1 Å². The van der Waals surface area contributed by atoms with E-state index in [4.69, 9.17) is 9.63 Å². The number of aliphatic hydroxyl groups is 1. The Morgan fingerprint density at radius 3 is 2.36 bits per heavy atom. The van der Waals surface area contributed by atoms with Gasteiger partial charge in [0.15, 0.2) is 0 Å². The lowest BCUT2D eigenvalue weighted by Crippen LogP contribution is -2.42. The van der Waals surface area contributed by atoms with Gasteiger partial charge in [-0.15, -0.1) is 0 Å². The van der Waals surface area contributed by atoms with Gasteiger partial charge < -0.3 is 14.2 Å². The highest BCUT2D eigenvalue weighted by atomic mass is 127. The van der Waals surface area contributed by atoms with E-state index in [0.29, 0.717) is 18.9 Å². The number of nitrogens with one attached hydrogen (secondary N) is 1. The zero-order valence-electron chi connectivity index (χ0n) is 20.5. The van der Waals surface area contributed by atoms with Crippen LogP contribution in [-0.4, -0.2) is 42.5 Å². The second-order valence-electron chi connectivity index (χ2n) is 8.51. The molecule has 1 aliphatic rings. The molecule has 7 nitrogen and oxygen atoms in total. The van der Waals surface area contributed by atoms with Crippen molar-refractivity contribution in [3.05, 3.63) is 77.9 Å². The van der Waals surface area contributed by atoms with Gasteiger partial charge >= 0.3 is 0 Å². The van der Waals surface area contributed by atoms with Gasteiger partial charge in [0.25, 0.3) is 0 Å². The first-order valence-electron chi connectivity index (χ1n) is 11.5. The van der Waals surface area contributed by atoms with Crippen LogP contribution in [0.5, 0.6) is 0 Å². The van der Waals surface area contributed by atoms with Crippen molar-refractivity contribution in [3.8, 4) is 23.0 Å². The van der Waals surface area contributed by atoms with Gasteiger partial charge in [-0.2, -0.15) is 0 Å². The van der Waals surface area contributed by atoms with Crippen LogP contribution in [0.2, 0.25) is 0 Å². The molecule has 1 aliphatic carbocycles. The van der Waals surface area contributed by atoms with Crippen molar-refractivity contribution in [3.63, 3.8) is 0 Å². The molecule has 2 aromatic carbocycles. The van der Waals surface area contributed by atoms with Crippen LogP contribution in [0.3, 0.4) is 0 Å². The summed E-state index contributed by atoms with van der Waals surface area (Å²) < 4.78 is 33.1. The van der Waals surface area contributed by atoms with Crippen LogP contribution in [0.25, 0.3) is 11.1 Å². The molecule has 1 fully saturated rings. The molecular weight excluding hydrogens is 608 g/mol. The van der Waals surface area contributed by atoms with Gasteiger partial charge in [-0.1, -0.05) is 48.2 Å². The number of nitrogens with zero attached hydrogens (tertiary/aromatic N) is 2. The maximum absolute atomic E-state index is 11.3. The third-order valence-electron chi connectivity index (χ3n) is 5.93. The van der Waals surface area contributed by atoms with Crippen molar-refractivity contribution in [2.75, 3.05) is 13.4 Å². The second-order valence-corrected chi connectivity index (χ2v) is 12.0. The zero-order chi connectivity index (χ0) is 26.1. The van der Waals surface area contributed by atoms with E-state index < -0.39 is 10.0 Å². The van der Waals surface area contributed by atoms with Gasteiger partial charge in [0.2, 0.25) is 10.0 Å². The average Bonchev–Trinajstić information content (AvgIpc) is 3.31.